The fraction of sp³-hybridized carbons (Fsp3) is 0.562. The van der Waals surface area contributed by atoms with E-state index in [1.54, 1.807) is 25.9 Å². The van der Waals surface area contributed by atoms with Crippen LogP contribution in [0.15, 0.2) is 24.3 Å². The van der Waals surface area contributed by atoms with Crippen molar-refractivity contribution in [1.29, 1.82) is 0 Å². The third kappa shape index (κ3) is 6.60. The van der Waals surface area contributed by atoms with Crippen LogP contribution in [0.4, 0.5) is 4.79 Å². The van der Waals surface area contributed by atoms with E-state index in [0.29, 0.717) is 26.2 Å². The Morgan fingerprint density at radius 1 is 1.38 bits per heavy atom. The van der Waals surface area contributed by atoms with Crippen molar-refractivity contribution < 1.29 is 14.6 Å². The molecule has 0 heterocycles. The number of nitrogens with zero attached hydrogens (tertiary/aromatic N) is 1. The Labute approximate surface area is 126 Å². The number of nitrogens with one attached hydrogen (secondary N) is 1. The maximum atomic E-state index is 12.1. The summed E-state index contributed by atoms with van der Waals surface area (Å²) in [6.07, 6.45) is 0. The number of urea groups is 1. The SMILES string of the molecule is CCN(CC(C)(C)O)C(=O)NCc1cccc(COC)c1. The molecule has 0 spiro atoms. The number of carbonyl (C=O) groups is 1. The van der Waals surface area contributed by atoms with Crippen LogP contribution >= 0.6 is 0 Å². The van der Waals surface area contributed by atoms with Crippen LogP contribution in [0.5, 0.6) is 0 Å². The highest BCUT2D eigenvalue weighted by atomic mass is 16.5. The van der Waals surface area contributed by atoms with E-state index in [4.69, 9.17) is 4.74 Å². The van der Waals surface area contributed by atoms with E-state index in [1.807, 2.05) is 31.2 Å². The van der Waals surface area contributed by atoms with Gasteiger partial charge < -0.3 is 20.1 Å². The molecule has 0 aliphatic rings. The fourth-order valence-electron chi connectivity index (χ4n) is 2.08. The van der Waals surface area contributed by atoms with Crippen molar-refractivity contribution in [2.75, 3.05) is 20.2 Å². The quantitative estimate of drug-likeness (QED) is 0.810. The van der Waals surface area contributed by atoms with Crippen LogP contribution in [0, 0.1) is 0 Å². The van der Waals surface area contributed by atoms with Crippen LogP contribution in [-0.2, 0) is 17.9 Å². The summed E-state index contributed by atoms with van der Waals surface area (Å²) < 4.78 is 5.10. The molecule has 2 amide bonds. The number of carbonyl (C=O) groups excluding carboxylic acids is 1. The molecule has 0 aliphatic carbocycles. The van der Waals surface area contributed by atoms with Gasteiger partial charge in [-0.15, -0.1) is 0 Å². The highest BCUT2D eigenvalue weighted by molar-refractivity contribution is 5.74. The average Bonchev–Trinajstić information content (AvgIpc) is 2.42. The molecule has 118 valence electrons. The van der Waals surface area contributed by atoms with Crippen molar-refractivity contribution in [1.82, 2.24) is 10.2 Å². The summed E-state index contributed by atoms with van der Waals surface area (Å²) in [5, 5.41) is 12.7. The molecule has 2 N–H and O–H groups in total. The minimum atomic E-state index is -0.897. The first-order valence-corrected chi connectivity index (χ1v) is 7.17. The Kier molecular flexibility index (Phi) is 6.65. The first kappa shape index (κ1) is 17.5. The van der Waals surface area contributed by atoms with Crippen LogP contribution in [0.25, 0.3) is 0 Å². The zero-order valence-corrected chi connectivity index (χ0v) is 13.3. The Bertz CT molecular complexity index is 455. The van der Waals surface area contributed by atoms with E-state index in [1.165, 1.54) is 0 Å². The third-order valence-electron chi connectivity index (χ3n) is 2.99. The lowest BCUT2D eigenvalue weighted by Crippen LogP contribution is -2.46. The highest BCUT2D eigenvalue weighted by Gasteiger charge is 2.20. The highest BCUT2D eigenvalue weighted by Crippen LogP contribution is 2.08. The first-order valence-electron chi connectivity index (χ1n) is 7.17. The Hall–Kier alpha value is -1.59. The van der Waals surface area contributed by atoms with Crippen LogP contribution in [0.3, 0.4) is 0 Å². The lowest BCUT2D eigenvalue weighted by molar-refractivity contribution is 0.0480. The number of hydrogen-bond donors (Lipinski definition) is 2. The number of hydrogen-bond acceptors (Lipinski definition) is 3. The molecule has 0 unspecified atom stereocenters. The predicted octanol–water partition coefficient (Wildman–Crippen LogP) is 2.14. The molecule has 1 aromatic rings. The van der Waals surface area contributed by atoms with E-state index < -0.39 is 5.60 Å². The molecule has 5 heteroatoms. The van der Waals surface area contributed by atoms with Gasteiger partial charge in [0.05, 0.1) is 18.8 Å². The van der Waals surface area contributed by atoms with Crippen molar-refractivity contribution in [3.63, 3.8) is 0 Å². The lowest BCUT2D eigenvalue weighted by atomic mass is 10.1. The normalized spacial score (nSPS) is 11.3. The summed E-state index contributed by atoms with van der Waals surface area (Å²) in [6.45, 7) is 7.15. The molecule has 0 bridgehead atoms. The van der Waals surface area contributed by atoms with Gasteiger partial charge in [-0.25, -0.2) is 4.79 Å². The molecule has 1 rings (SSSR count). The van der Waals surface area contributed by atoms with Gasteiger partial charge in [0.25, 0.3) is 0 Å². The fourth-order valence-corrected chi connectivity index (χ4v) is 2.08. The standard InChI is InChI=1S/C16H26N2O3/c1-5-18(12-16(2,3)20)15(19)17-10-13-7-6-8-14(9-13)11-21-4/h6-9,20H,5,10-12H2,1-4H3,(H,17,19). The maximum Gasteiger partial charge on any atom is 0.317 e. The molecule has 0 aliphatic heterocycles. The number of amides is 2. The predicted molar refractivity (Wildman–Crippen MR) is 82.9 cm³/mol. The van der Waals surface area contributed by atoms with Crippen molar-refractivity contribution >= 4 is 6.03 Å². The van der Waals surface area contributed by atoms with Gasteiger partial charge in [-0.05, 0) is 31.9 Å². The maximum absolute atomic E-state index is 12.1. The smallest absolute Gasteiger partial charge is 0.317 e. The van der Waals surface area contributed by atoms with Crippen molar-refractivity contribution in [2.24, 2.45) is 0 Å². The molecule has 0 atom stereocenters. The second-order valence-corrected chi connectivity index (χ2v) is 5.74. The minimum absolute atomic E-state index is 0.170. The van der Waals surface area contributed by atoms with Gasteiger partial charge in [-0.2, -0.15) is 0 Å². The van der Waals surface area contributed by atoms with Crippen LogP contribution in [0.2, 0.25) is 0 Å². The van der Waals surface area contributed by atoms with Crippen molar-refractivity contribution in [3.8, 4) is 0 Å². The van der Waals surface area contributed by atoms with Crippen molar-refractivity contribution in [2.45, 2.75) is 39.5 Å². The van der Waals surface area contributed by atoms with Gasteiger partial charge in [0, 0.05) is 20.2 Å². The molecular weight excluding hydrogens is 268 g/mol. The zero-order valence-electron chi connectivity index (χ0n) is 13.3. The van der Waals surface area contributed by atoms with E-state index in [2.05, 4.69) is 5.32 Å². The van der Waals surface area contributed by atoms with Crippen molar-refractivity contribution in [3.05, 3.63) is 35.4 Å². The number of rotatable bonds is 7. The molecule has 0 fully saturated rings. The van der Waals surface area contributed by atoms with Gasteiger partial charge in [0.2, 0.25) is 0 Å². The number of methoxy groups -OCH3 is 1. The molecule has 5 nitrogen and oxygen atoms in total. The van der Waals surface area contributed by atoms with Crippen LogP contribution in [-0.4, -0.2) is 41.8 Å². The topological polar surface area (TPSA) is 61.8 Å². The molecule has 21 heavy (non-hydrogen) atoms. The molecule has 0 saturated heterocycles. The third-order valence-corrected chi connectivity index (χ3v) is 2.99. The summed E-state index contributed by atoms with van der Waals surface area (Å²) in [6, 6.07) is 7.74. The Morgan fingerprint density at radius 3 is 2.62 bits per heavy atom. The molecular formula is C16H26N2O3. The monoisotopic (exact) mass is 294 g/mol. The lowest BCUT2D eigenvalue weighted by Gasteiger charge is -2.28. The molecule has 0 radical (unpaired) electrons. The molecule has 1 aromatic carbocycles. The van der Waals surface area contributed by atoms with E-state index in [-0.39, 0.29) is 6.03 Å². The van der Waals surface area contributed by atoms with Gasteiger partial charge in [-0.1, -0.05) is 24.3 Å². The number of aliphatic hydroxyl groups is 1. The van der Waals surface area contributed by atoms with Gasteiger partial charge in [-0.3, -0.25) is 0 Å². The van der Waals surface area contributed by atoms with Gasteiger partial charge in [0.15, 0.2) is 0 Å². The summed E-state index contributed by atoms with van der Waals surface area (Å²) in [4.78, 5) is 13.7. The summed E-state index contributed by atoms with van der Waals surface area (Å²) in [5.41, 5.74) is 1.21. The average molecular weight is 294 g/mol. The van der Waals surface area contributed by atoms with E-state index in [0.717, 1.165) is 11.1 Å². The zero-order chi connectivity index (χ0) is 15.9. The number of benzene rings is 1. The number of likely N-dealkylation sites (N-methyl/N-ethyl adjacent to an activating group) is 1. The first-order chi connectivity index (χ1) is 9.85. The Balaban J connectivity index is 2.56. The molecule has 0 saturated carbocycles. The second kappa shape index (κ2) is 8.00. The summed E-state index contributed by atoms with van der Waals surface area (Å²) in [7, 11) is 1.66. The second-order valence-electron chi connectivity index (χ2n) is 5.74. The number of ether oxygens (including phenoxy) is 1. The van der Waals surface area contributed by atoms with Gasteiger partial charge in [0.1, 0.15) is 0 Å². The minimum Gasteiger partial charge on any atom is -0.389 e. The van der Waals surface area contributed by atoms with E-state index >= 15 is 0 Å². The van der Waals surface area contributed by atoms with Gasteiger partial charge >= 0.3 is 6.03 Å². The van der Waals surface area contributed by atoms with Crippen LogP contribution < -0.4 is 5.32 Å². The van der Waals surface area contributed by atoms with Crippen LogP contribution in [0.1, 0.15) is 31.9 Å². The largest absolute Gasteiger partial charge is 0.389 e. The van der Waals surface area contributed by atoms with E-state index in [9.17, 15) is 9.90 Å². The summed E-state index contributed by atoms with van der Waals surface area (Å²) in [5.74, 6) is 0. The Morgan fingerprint density at radius 2 is 2.05 bits per heavy atom. The summed E-state index contributed by atoms with van der Waals surface area (Å²) >= 11 is 0. The molecule has 0 aromatic heterocycles.